The maximum Gasteiger partial charge on any atom is 0.245 e. The second kappa shape index (κ2) is 7.07. The minimum Gasteiger partial charge on any atom is -0.344 e. The Balaban J connectivity index is 1.88. The van der Waals surface area contributed by atoms with E-state index >= 15 is 0 Å². The van der Waals surface area contributed by atoms with Crippen molar-refractivity contribution in [3.8, 4) is 0 Å². The van der Waals surface area contributed by atoms with Crippen molar-refractivity contribution >= 4 is 11.8 Å². The first-order valence-corrected chi connectivity index (χ1v) is 7.24. The third-order valence-electron chi connectivity index (χ3n) is 3.53. The first kappa shape index (κ1) is 14.6. The number of hydrogen-bond acceptors (Lipinski definition) is 3. The van der Waals surface area contributed by atoms with Gasteiger partial charge < -0.3 is 14.8 Å². The summed E-state index contributed by atoms with van der Waals surface area (Å²) in [5.74, 6) is 0.0391. The van der Waals surface area contributed by atoms with E-state index in [0.29, 0.717) is 25.9 Å². The molecule has 1 aromatic heterocycles. The molecule has 6 heteroatoms. The van der Waals surface area contributed by atoms with Gasteiger partial charge in [-0.2, -0.15) is 0 Å². The lowest BCUT2D eigenvalue weighted by Gasteiger charge is -2.23. The van der Waals surface area contributed by atoms with Crippen molar-refractivity contribution in [3.63, 3.8) is 0 Å². The zero-order valence-electron chi connectivity index (χ0n) is 11.9. The molecule has 1 atom stereocenters. The maximum atomic E-state index is 12.4. The average molecular weight is 278 g/mol. The Labute approximate surface area is 119 Å². The molecule has 1 aliphatic rings. The Kier molecular flexibility index (Phi) is 5.15. The van der Waals surface area contributed by atoms with E-state index in [9.17, 15) is 9.59 Å². The Morgan fingerprint density at radius 3 is 2.95 bits per heavy atom. The van der Waals surface area contributed by atoms with Gasteiger partial charge in [0.25, 0.3) is 0 Å². The van der Waals surface area contributed by atoms with E-state index in [-0.39, 0.29) is 17.9 Å². The van der Waals surface area contributed by atoms with E-state index in [0.717, 1.165) is 19.4 Å². The molecule has 0 bridgehead atoms. The smallest absolute Gasteiger partial charge is 0.245 e. The summed E-state index contributed by atoms with van der Waals surface area (Å²) in [7, 11) is 0. The summed E-state index contributed by atoms with van der Waals surface area (Å²) in [6.45, 7) is 4.07. The van der Waals surface area contributed by atoms with Crippen LogP contribution in [0.2, 0.25) is 0 Å². The van der Waals surface area contributed by atoms with E-state index in [1.165, 1.54) is 0 Å². The Morgan fingerprint density at radius 2 is 2.25 bits per heavy atom. The van der Waals surface area contributed by atoms with Gasteiger partial charge in [-0.15, -0.1) is 0 Å². The molecule has 1 aromatic rings. The highest BCUT2D eigenvalue weighted by Crippen LogP contribution is 2.09. The van der Waals surface area contributed by atoms with Crippen LogP contribution in [0.3, 0.4) is 0 Å². The van der Waals surface area contributed by atoms with Gasteiger partial charge in [-0.05, 0) is 12.8 Å². The van der Waals surface area contributed by atoms with Gasteiger partial charge in [0.1, 0.15) is 6.04 Å². The fraction of sp³-hybridized carbons (Fsp3) is 0.643. The number of carbonyl (C=O) groups excluding carboxylic acids is 2. The van der Waals surface area contributed by atoms with Crippen molar-refractivity contribution < 1.29 is 9.59 Å². The molecule has 1 aliphatic heterocycles. The molecule has 20 heavy (non-hydrogen) atoms. The van der Waals surface area contributed by atoms with Crippen molar-refractivity contribution in [2.24, 2.45) is 0 Å². The van der Waals surface area contributed by atoms with Crippen LogP contribution in [0.15, 0.2) is 18.7 Å². The fourth-order valence-corrected chi connectivity index (χ4v) is 2.46. The van der Waals surface area contributed by atoms with Crippen LogP contribution in [0.1, 0.15) is 32.6 Å². The summed E-state index contributed by atoms with van der Waals surface area (Å²) in [6, 6.07) is -0.344. The fourth-order valence-electron chi connectivity index (χ4n) is 2.46. The first-order chi connectivity index (χ1) is 9.70. The van der Waals surface area contributed by atoms with Crippen molar-refractivity contribution in [2.45, 2.75) is 45.2 Å². The lowest BCUT2D eigenvalue weighted by molar-refractivity contribution is -0.133. The number of aryl methyl sites for hydroxylation is 1. The first-order valence-electron chi connectivity index (χ1n) is 7.24. The standard InChI is InChI=1S/C14H22N4O2/c1-2-4-12-14(20)18(9-5-13(19)16-12)8-3-7-17-10-6-15-11-17/h6,10-12H,2-5,7-9H2,1H3,(H,16,19). The molecule has 0 radical (unpaired) electrons. The highest BCUT2D eigenvalue weighted by atomic mass is 16.2. The molecular weight excluding hydrogens is 256 g/mol. The minimum absolute atomic E-state index is 0.0195. The van der Waals surface area contributed by atoms with Crippen LogP contribution in [0, 0.1) is 0 Å². The molecular formula is C14H22N4O2. The molecule has 2 heterocycles. The van der Waals surface area contributed by atoms with Crippen LogP contribution in [0.25, 0.3) is 0 Å². The quantitative estimate of drug-likeness (QED) is 0.836. The van der Waals surface area contributed by atoms with Crippen LogP contribution in [0.4, 0.5) is 0 Å². The van der Waals surface area contributed by atoms with Gasteiger partial charge in [0.05, 0.1) is 6.33 Å². The van der Waals surface area contributed by atoms with Crippen molar-refractivity contribution in [1.29, 1.82) is 0 Å². The SMILES string of the molecule is CCCC1NC(=O)CCN(CCCn2ccnc2)C1=O. The lowest BCUT2D eigenvalue weighted by atomic mass is 10.1. The Bertz CT molecular complexity index is 444. The van der Waals surface area contributed by atoms with Gasteiger partial charge >= 0.3 is 0 Å². The number of hydrogen-bond donors (Lipinski definition) is 1. The second-order valence-corrected chi connectivity index (χ2v) is 5.14. The summed E-state index contributed by atoms with van der Waals surface area (Å²) in [6.07, 6.45) is 8.30. The molecule has 0 spiro atoms. The van der Waals surface area contributed by atoms with E-state index in [4.69, 9.17) is 0 Å². The molecule has 1 unspecified atom stereocenters. The van der Waals surface area contributed by atoms with Gasteiger partial charge in [-0.3, -0.25) is 9.59 Å². The van der Waals surface area contributed by atoms with Crippen LogP contribution < -0.4 is 5.32 Å². The number of aromatic nitrogens is 2. The molecule has 0 aromatic carbocycles. The van der Waals surface area contributed by atoms with Crippen LogP contribution in [-0.2, 0) is 16.1 Å². The van der Waals surface area contributed by atoms with Gasteiger partial charge in [-0.1, -0.05) is 13.3 Å². The zero-order valence-corrected chi connectivity index (χ0v) is 11.9. The van der Waals surface area contributed by atoms with Gasteiger partial charge in [0.2, 0.25) is 11.8 Å². The van der Waals surface area contributed by atoms with Gasteiger partial charge in [0.15, 0.2) is 0 Å². The Morgan fingerprint density at radius 1 is 1.40 bits per heavy atom. The molecule has 1 N–H and O–H groups in total. The second-order valence-electron chi connectivity index (χ2n) is 5.14. The Hall–Kier alpha value is -1.85. The molecule has 1 fully saturated rings. The number of carbonyl (C=O) groups is 2. The molecule has 2 amide bonds. The van der Waals surface area contributed by atoms with Crippen molar-refractivity contribution in [1.82, 2.24) is 19.8 Å². The average Bonchev–Trinajstić information content (AvgIpc) is 2.90. The third-order valence-corrected chi connectivity index (χ3v) is 3.53. The normalized spacial score (nSPS) is 19.9. The number of nitrogens with zero attached hydrogens (tertiary/aromatic N) is 3. The minimum atomic E-state index is -0.344. The predicted molar refractivity (Wildman–Crippen MR) is 74.9 cm³/mol. The van der Waals surface area contributed by atoms with E-state index in [1.54, 1.807) is 12.5 Å². The summed E-state index contributed by atoms with van der Waals surface area (Å²) in [4.78, 5) is 29.8. The highest BCUT2D eigenvalue weighted by Gasteiger charge is 2.28. The predicted octanol–water partition coefficient (Wildman–Crippen LogP) is 0.790. The molecule has 110 valence electrons. The maximum absolute atomic E-state index is 12.4. The van der Waals surface area contributed by atoms with Gasteiger partial charge in [-0.25, -0.2) is 4.98 Å². The number of nitrogens with one attached hydrogen (secondary N) is 1. The van der Waals surface area contributed by atoms with E-state index < -0.39 is 0 Å². The number of imidazole rings is 1. The van der Waals surface area contributed by atoms with Crippen molar-refractivity contribution in [3.05, 3.63) is 18.7 Å². The molecule has 0 saturated carbocycles. The molecule has 2 rings (SSSR count). The topological polar surface area (TPSA) is 67.2 Å². The highest BCUT2D eigenvalue weighted by molar-refractivity contribution is 5.89. The zero-order chi connectivity index (χ0) is 14.4. The van der Waals surface area contributed by atoms with Crippen LogP contribution in [-0.4, -0.2) is 45.4 Å². The molecule has 6 nitrogen and oxygen atoms in total. The largest absolute Gasteiger partial charge is 0.344 e. The van der Waals surface area contributed by atoms with Gasteiger partial charge in [0, 0.05) is 38.4 Å². The van der Waals surface area contributed by atoms with Crippen LogP contribution >= 0.6 is 0 Å². The summed E-state index contributed by atoms with van der Waals surface area (Å²) < 4.78 is 2.00. The number of amides is 2. The van der Waals surface area contributed by atoms with Crippen LogP contribution in [0.5, 0.6) is 0 Å². The number of rotatable bonds is 6. The monoisotopic (exact) mass is 278 g/mol. The van der Waals surface area contributed by atoms with E-state index in [2.05, 4.69) is 10.3 Å². The van der Waals surface area contributed by atoms with E-state index in [1.807, 2.05) is 22.6 Å². The lowest BCUT2D eigenvalue weighted by Crippen LogP contribution is -2.44. The summed E-state index contributed by atoms with van der Waals surface area (Å²) in [5, 5.41) is 2.82. The molecule has 1 saturated heterocycles. The summed E-state index contributed by atoms with van der Waals surface area (Å²) in [5.41, 5.74) is 0. The summed E-state index contributed by atoms with van der Waals surface area (Å²) >= 11 is 0. The van der Waals surface area contributed by atoms with Crippen molar-refractivity contribution in [2.75, 3.05) is 13.1 Å². The molecule has 0 aliphatic carbocycles. The third kappa shape index (κ3) is 3.82.